The monoisotopic (exact) mass is 455 g/mol. The van der Waals surface area contributed by atoms with E-state index in [4.69, 9.17) is 5.11 Å². The zero-order chi connectivity index (χ0) is 23.8. The molecule has 4 heteroatoms. The third-order valence-corrected chi connectivity index (χ3v) is 6.66. The number of hydrogen-bond donors (Lipinski definition) is 2. The van der Waals surface area contributed by atoms with Gasteiger partial charge >= 0.3 is 5.97 Å². The molecule has 0 saturated carbocycles. The fourth-order valence-electron chi connectivity index (χ4n) is 4.80. The van der Waals surface area contributed by atoms with Crippen LogP contribution >= 0.6 is 0 Å². The van der Waals surface area contributed by atoms with Crippen molar-refractivity contribution in [2.45, 2.75) is 57.8 Å². The molecule has 3 aromatic carbocycles. The number of fused-ring (bicyclic) bond motifs is 3. The van der Waals surface area contributed by atoms with E-state index in [9.17, 15) is 9.59 Å². The highest BCUT2D eigenvalue weighted by Gasteiger charge is 2.21. The van der Waals surface area contributed by atoms with Crippen molar-refractivity contribution in [2.75, 3.05) is 6.54 Å². The minimum absolute atomic E-state index is 0.0730. The normalized spacial score (nSPS) is 11.6. The van der Waals surface area contributed by atoms with Crippen LogP contribution in [-0.4, -0.2) is 23.5 Å². The zero-order valence-corrected chi connectivity index (χ0v) is 19.7. The topological polar surface area (TPSA) is 66.4 Å². The summed E-state index contributed by atoms with van der Waals surface area (Å²) in [4.78, 5) is 23.2. The van der Waals surface area contributed by atoms with Crippen molar-refractivity contribution in [2.24, 2.45) is 0 Å². The maximum absolute atomic E-state index is 12.6. The summed E-state index contributed by atoms with van der Waals surface area (Å²) in [6.45, 7) is 0.636. The predicted molar refractivity (Wildman–Crippen MR) is 136 cm³/mol. The molecule has 3 aromatic rings. The predicted octanol–water partition coefficient (Wildman–Crippen LogP) is 5.74. The molecule has 2 N–H and O–H groups in total. The van der Waals surface area contributed by atoms with Crippen LogP contribution in [0.25, 0.3) is 11.1 Å². The Morgan fingerprint density at radius 2 is 1.47 bits per heavy atom. The second kappa shape index (κ2) is 11.6. The lowest BCUT2D eigenvalue weighted by molar-refractivity contribution is -0.137. The first kappa shape index (κ1) is 23.7. The van der Waals surface area contributed by atoms with Gasteiger partial charge in [0.05, 0.1) is 6.42 Å². The number of carboxylic acid groups (broad SMARTS) is 1. The Kier molecular flexibility index (Phi) is 8.13. The lowest BCUT2D eigenvalue weighted by Crippen LogP contribution is -2.27. The Morgan fingerprint density at radius 3 is 2.26 bits per heavy atom. The van der Waals surface area contributed by atoms with Gasteiger partial charge in [0.2, 0.25) is 5.91 Å². The van der Waals surface area contributed by atoms with E-state index in [2.05, 4.69) is 72.0 Å². The van der Waals surface area contributed by atoms with Gasteiger partial charge in [-0.2, -0.15) is 0 Å². The molecule has 1 aliphatic rings. The van der Waals surface area contributed by atoms with Gasteiger partial charge in [-0.3, -0.25) is 9.59 Å². The fourth-order valence-corrected chi connectivity index (χ4v) is 4.80. The molecule has 0 radical (unpaired) electrons. The van der Waals surface area contributed by atoms with Gasteiger partial charge in [-0.15, -0.1) is 0 Å². The second-order valence-corrected chi connectivity index (χ2v) is 9.18. The Labute approximate surface area is 202 Å². The van der Waals surface area contributed by atoms with Gasteiger partial charge in [0.25, 0.3) is 0 Å². The van der Waals surface area contributed by atoms with E-state index in [-0.39, 0.29) is 12.3 Å². The fraction of sp³-hybridized carbons (Fsp3) is 0.333. The first-order valence-corrected chi connectivity index (χ1v) is 12.4. The molecule has 0 unspecified atom stereocenters. The molecule has 34 heavy (non-hydrogen) atoms. The summed E-state index contributed by atoms with van der Waals surface area (Å²) in [5.74, 6) is -0.634. The molecule has 0 spiro atoms. The van der Waals surface area contributed by atoms with Crippen LogP contribution in [0.4, 0.5) is 0 Å². The quantitative estimate of drug-likeness (QED) is 0.268. The van der Waals surface area contributed by atoms with E-state index < -0.39 is 5.97 Å². The lowest BCUT2D eigenvalue weighted by atomic mass is 9.99. The van der Waals surface area contributed by atoms with Crippen molar-refractivity contribution < 1.29 is 14.7 Å². The number of rotatable bonds is 12. The molecule has 0 saturated heterocycles. The van der Waals surface area contributed by atoms with Gasteiger partial charge in [-0.25, -0.2) is 0 Å². The lowest BCUT2D eigenvalue weighted by Gasteiger charge is -2.10. The van der Waals surface area contributed by atoms with Crippen molar-refractivity contribution >= 4 is 11.9 Å². The molecule has 1 aliphatic carbocycles. The van der Waals surface area contributed by atoms with Crippen LogP contribution in [0.3, 0.4) is 0 Å². The van der Waals surface area contributed by atoms with Gasteiger partial charge in [-0.05, 0) is 71.0 Å². The van der Waals surface area contributed by atoms with E-state index in [0.717, 1.165) is 50.5 Å². The molecule has 0 fully saturated rings. The summed E-state index contributed by atoms with van der Waals surface area (Å²) in [7, 11) is 0. The van der Waals surface area contributed by atoms with Gasteiger partial charge < -0.3 is 10.4 Å². The minimum Gasteiger partial charge on any atom is -0.481 e. The summed E-state index contributed by atoms with van der Waals surface area (Å²) >= 11 is 0. The number of amides is 1. The highest BCUT2D eigenvalue weighted by molar-refractivity contribution is 5.83. The molecule has 0 aromatic heterocycles. The first-order valence-electron chi connectivity index (χ1n) is 12.4. The number of hydrogen-bond acceptors (Lipinski definition) is 2. The van der Waals surface area contributed by atoms with Gasteiger partial charge in [0.15, 0.2) is 0 Å². The zero-order valence-electron chi connectivity index (χ0n) is 19.7. The van der Waals surface area contributed by atoms with E-state index in [1.807, 2.05) is 0 Å². The first-order chi connectivity index (χ1) is 16.6. The number of nitrogens with one attached hydrogen (secondary N) is 1. The van der Waals surface area contributed by atoms with Crippen LogP contribution in [-0.2, 0) is 35.3 Å². The van der Waals surface area contributed by atoms with Crippen molar-refractivity contribution in [1.29, 1.82) is 0 Å². The van der Waals surface area contributed by atoms with Gasteiger partial charge in [0, 0.05) is 13.0 Å². The number of aliphatic carboxylic acids is 1. The third kappa shape index (κ3) is 6.34. The number of benzene rings is 3. The van der Waals surface area contributed by atoms with Crippen LogP contribution in [0.2, 0.25) is 0 Å². The highest BCUT2D eigenvalue weighted by atomic mass is 16.4. The van der Waals surface area contributed by atoms with E-state index in [0.29, 0.717) is 13.0 Å². The summed E-state index contributed by atoms with van der Waals surface area (Å²) in [6.07, 6.45) is 7.33. The number of carboxylic acids is 1. The molecule has 4 nitrogen and oxygen atoms in total. The molecule has 0 aliphatic heterocycles. The molecule has 0 bridgehead atoms. The van der Waals surface area contributed by atoms with Crippen molar-refractivity contribution in [1.82, 2.24) is 5.32 Å². The number of unbranched alkanes of at least 4 members (excludes halogenated alkanes) is 3. The third-order valence-electron chi connectivity index (χ3n) is 6.66. The van der Waals surface area contributed by atoms with Crippen molar-refractivity contribution in [3.05, 3.63) is 94.5 Å². The maximum atomic E-state index is 12.6. The Balaban J connectivity index is 1.18. The summed E-state index contributed by atoms with van der Waals surface area (Å²) in [5, 5.41) is 11.8. The molecular formula is C30H33NO3. The smallest absolute Gasteiger partial charge is 0.303 e. The van der Waals surface area contributed by atoms with E-state index in [1.165, 1.54) is 33.4 Å². The SMILES string of the molecule is O=C(O)CCCCCCc1ccc(CCNC(=O)Cc2cccc3c2Cc2ccccc2-3)cc1. The number of aryl methyl sites for hydroxylation is 1. The summed E-state index contributed by atoms with van der Waals surface area (Å²) in [6, 6.07) is 23.4. The molecule has 4 rings (SSSR count). The van der Waals surface area contributed by atoms with Crippen molar-refractivity contribution in [3.8, 4) is 11.1 Å². The summed E-state index contributed by atoms with van der Waals surface area (Å²) < 4.78 is 0. The largest absolute Gasteiger partial charge is 0.481 e. The average Bonchev–Trinajstić information content (AvgIpc) is 3.22. The minimum atomic E-state index is -0.707. The molecular weight excluding hydrogens is 422 g/mol. The van der Waals surface area contributed by atoms with E-state index in [1.54, 1.807) is 0 Å². The van der Waals surface area contributed by atoms with Crippen molar-refractivity contribution in [3.63, 3.8) is 0 Å². The standard InChI is InChI=1S/C30H33NO3/c32-29(21-25-10-7-12-27-26-11-6-5-9-24(26)20-28(25)27)31-19-18-23-16-14-22(15-17-23)8-3-1-2-4-13-30(33)34/h5-7,9-12,14-17H,1-4,8,13,18-21H2,(H,31,32)(H,33,34). The van der Waals surface area contributed by atoms with Crippen LogP contribution in [0.5, 0.6) is 0 Å². The van der Waals surface area contributed by atoms with E-state index >= 15 is 0 Å². The molecule has 0 heterocycles. The van der Waals surface area contributed by atoms with Crippen LogP contribution in [0.15, 0.2) is 66.7 Å². The van der Waals surface area contributed by atoms with Gasteiger partial charge in [0.1, 0.15) is 0 Å². The molecule has 176 valence electrons. The maximum Gasteiger partial charge on any atom is 0.303 e. The Morgan fingerprint density at radius 1 is 0.765 bits per heavy atom. The highest BCUT2D eigenvalue weighted by Crippen LogP contribution is 2.38. The number of carbonyl (C=O) groups excluding carboxylic acids is 1. The average molecular weight is 456 g/mol. The van der Waals surface area contributed by atoms with Crippen LogP contribution in [0, 0.1) is 0 Å². The Hall–Kier alpha value is -3.40. The molecule has 1 amide bonds. The van der Waals surface area contributed by atoms with Crippen LogP contribution in [0.1, 0.15) is 59.9 Å². The van der Waals surface area contributed by atoms with Crippen LogP contribution < -0.4 is 5.32 Å². The Bertz CT molecular complexity index is 1130. The second-order valence-electron chi connectivity index (χ2n) is 9.18. The molecule has 0 atom stereocenters. The number of carbonyl (C=O) groups is 2. The summed E-state index contributed by atoms with van der Waals surface area (Å²) in [5.41, 5.74) is 8.84. The van der Waals surface area contributed by atoms with Gasteiger partial charge in [-0.1, -0.05) is 79.6 Å².